The van der Waals surface area contributed by atoms with Crippen molar-refractivity contribution < 1.29 is 19.1 Å². The Labute approximate surface area is 263 Å². The molecule has 2 aliphatic carbocycles. The summed E-state index contributed by atoms with van der Waals surface area (Å²) in [6.45, 7) is 1.94. The number of ether oxygens (including phenoxy) is 1. The first-order valence-electron chi connectivity index (χ1n) is 18.2. The second kappa shape index (κ2) is 25.3. The van der Waals surface area contributed by atoms with Crippen LogP contribution in [0, 0.1) is 11.8 Å². The molecule has 0 radical (unpaired) electrons. The van der Waals surface area contributed by atoms with Crippen LogP contribution in [0.1, 0.15) is 161 Å². The monoisotopic (exact) mass is 607 g/mol. The third-order valence-corrected chi connectivity index (χ3v) is 9.55. The number of nitrogens with one attached hydrogen (secondary N) is 4. The van der Waals surface area contributed by atoms with Gasteiger partial charge in [-0.25, -0.2) is 14.4 Å². The fourth-order valence-corrected chi connectivity index (χ4v) is 6.72. The number of esters is 1. The lowest BCUT2D eigenvalue weighted by molar-refractivity contribution is -0.143. The van der Waals surface area contributed by atoms with Crippen molar-refractivity contribution in [2.45, 2.75) is 167 Å². The summed E-state index contributed by atoms with van der Waals surface area (Å²) in [5.74, 6) is 0.636. The largest absolute Gasteiger partial charge is 0.467 e. The molecule has 0 heterocycles. The summed E-state index contributed by atoms with van der Waals surface area (Å²) in [4.78, 5) is 37.5. The smallest absolute Gasteiger partial charge is 0.328 e. The van der Waals surface area contributed by atoms with E-state index in [4.69, 9.17) is 4.74 Å². The summed E-state index contributed by atoms with van der Waals surface area (Å²) in [6, 6.07) is -1.10. The fraction of sp³-hybridized carbons (Fsp3) is 0.914. The quantitative estimate of drug-likeness (QED) is 0.141. The second-order valence-electron chi connectivity index (χ2n) is 13.3. The topological polar surface area (TPSA) is 109 Å². The number of rotatable bonds is 11. The van der Waals surface area contributed by atoms with Crippen LogP contribution in [0.3, 0.4) is 0 Å². The number of hydrogen-bond acceptors (Lipinski definition) is 4. The molecule has 2 fully saturated rings. The summed E-state index contributed by atoms with van der Waals surface area (Å²) >= 11 is 0. The minimum atomic E-state index is -0.684. The van der Waals surface area contributed by atoms with Gasteiger partial charge in [-0.05, 0) is 56.8 Å². The van der Waals surface area contributed by atoms with Gasteiger partial charge in [-0.3, -0.25) is 0 Å². The molecule has 0 spiro atoms. The number of carbonyl (C=O) groups is 3. The molecule has 1 unspecified atom stereocenters. The van der Waals surface area contributed by atoms with E-state index in [2.05, 4.69) is 21.3 Å². The van der Waals surface area contributed by atoms with Crippen molar-refractivity contribution in [1.82, 2.24) is 21.3 Å². The van der Waals surface area contributed by atoms with Crippen LogP contribution in [-0.4, -0.2) is 50.8 Å². The average molecular weight is 607 g/mol. The number of unbranched alkanes of at least 4 members (excludes halogenated alkanes) is 1. The molecular weight excluding hydrogens is 540 g/mol. The Hall–Kier alpha value is -1.99. The molecule has 1 atom stereocenters. The SMILES string of the molecule is COC(=O)C(CCCCNC(=O)NCC1CCCCCCCCCCC1)NC(=O)NCC1CCCCCCCCCCC1. The molecule has 2 saturated carbocycles. The van der Waals surface area contributed by atoms with Gasteiger partial charge in [0, 0.05) is 19.6 Å². The van der Waals surface area contributed by atoms with E-state index in [-0.39, 0.29) is 12.1 Å². The predicted octanol–water partition coefficient (Wildman–Crippen LogP) is 8.14. The van der Waals surface area contributed by atoms with Gasteiger partial charge in [0.05, 0.1) is 7.11 Å². The predicted molar refractivity (Wildman–Crippen MR) is 176 cm³/mol. The van der Waals surface area contributed by atoms with Gasteiger partial charge in [0.2, 0.25) is 0 Å². The summed E-state index contributed by atoms with van der Waals surface area (Å²) in [7, 11) is 1.36. The minimum absolute atomic E-state index is 0.111. The highest BCUT2D eigenvalue weighted by Gasteiger charge is 2.22. The van der Waals surface area contributed by atoms with E-state index in [9.17, 15) is 14.4 Å². The van der Waals surface area contributed by atoms with Crippen LogP contribution in [0.15, 0.2) is 0 Å². The van der Waals surface area contributed by atoms with Gasteiger partial charge in [-0.2, -0.15) is 0 Å². The van der Waals surface area contributed by atoms with Crippen LogP contribution >= 0.6 is 0 Å². The molecule has 0 aromatic rings. The first-order valence-corrected chi connectivity index (χ1v) is 18.2. The Bertz CT molecular complexity index is 711. The Kier molecular flexibility index (Phi) is 21.9. The van der Waals surface area contributed by atoms with Gasteiger partial charge in [0.1, 0.15) is 6.04 Å². The molecule has 0 bridgehead atoms. The molecule has 0 aliphatic heterocycles. The molecular formula is C35H66N4O4. The summed E-state index contributed by atoms with van der Waals surface area (Å²) < 4.78 is 4.95. The lowest BCUT2D eigenvalue weighted by Gasteiger charge is -2.21. The minimum Gasteiger partial charge on any atom is -0.467 e. The molecule has 8 nitrogen and oxygen atoms in total. The summed E-state index contributed by atoms with van der Waals surface area (Å²) in [5.41, 5.74) is 0. The van der Waals surface area contributed by atoms with Crippen molar-refractivity contribution in [3.63, 3.8) is 0 Å². The maximum absolute atomic E-state index is 12.7. The third kappa shape index (κ3) is 19.8. The third-order valence-electron chi connectivity index (χ3n) is 9.55. The lowest BCUT2D eigenvalue weighted by atomic mass is 9.93. The number of urea groups is 2. The van der Waals surface area contributed by atoms with Gasteiger partial charge < -0.3 is 26.0 Å². The highest BCUT2D eigenvalue weighted by Crippen LogP contribution is 2.22. The second-order valence-corrected chi connectivity index (χ2v) is 13.3. The van der Waals surface area contributed by atoms with Crippen molar-refractivity contribution in [1.29, 1.82) is 0 Å². The van der Waals surface area contributed by atoms with E-state index >= 15 is 0 Å². The van der Waals surface area contributed by atoms with Gasteiger partial charge in [-0.15, -0.1) is 0 Å². The zero-order chi connectivity index (χ0) is 30.8. The molecule has 4 N–H and O–H groups in total. The molecule has 0 aromatic carbocycles. The Morgan fingerprint density at radius 3 is 1.37 bits per heavy atom. The summed E-state index contributed by atoms with van der Waals surface area (Å²) in [5, 5.41) is 11.9. The van der Waals surface area contributed by atoms with Crippen LogP contribution in [0.25, 0.3) is 0 Å². The van der Waals surface area contributed by atoms with Gasteiger partial charge in [0.15, 0.2) is 0 Å². The van der Waals surface area contributed by atoms with Crippen LogP contribution in [0.2, 0.25) is 0 Å². The Morgan fingerprint density at radius 1 is 0.558 bits per heavy atom. The van der Waals surface area contributed by atoms with Crippen LogP contribution < -0.4 is 21.3 Å². The fourth-order valence-electron chi connectivity index (χ4n) is 6.72. The van der Waals surface area contributed by atoms with Crippen molar-refractivity contribution in [3.8, 4) is 0 Å². The van der Waals surface area contributed by atoms with Crippen molar-refractivity contribution in [2.24, 2.45) is 11.8 Å². The van der Waals surface area contributed by atoms with Crippen LogP contribution in [0.5, 0.6) is 0 Å². The number of hydrogen-bond donors (Lipinski definition) is 4. The molecule has 250 valence electrons. The van der Waals surface area contributed by atoms with Crippen molar-refractivity contribution >= 4 is 18.0 Å². The van der Waals surface area contributed by atoms with Crippen molar-refractivity contribution in [2.75, 3.05) is 26.7 Å². The molecule has 0 aromatic heterocycles. The van der Waals surface area contributed by atoms with Crippen LogP contribution in [0.4, 0.5) is 9.59 Å². The molecule has 8 heteroatoms. The van der Waals surface area contributed by atoms with Gasteiger partial charge in [-0.1, -0.05) is 116 Å². The first kappa shape index (κ1) is 37.2. The van der Waals surface area contributed by atoms with E-state index < -0.39 is 12.0 Å². The zero-order valence-electron chi connectivity index (χ0n) is 27.7. The number of carbonyl (C=O) groups excluding carboxylic acids is 3. The van der Waals surface area contributed by atoms with Crippen LogP contribution in [-0.2, 0) is 9.53 Å². The average Bonchev–Trinajstić information content (AvgIpc) is 2.99. The Morgan fingerprint density at radius 2 is 0.953 bits per heavy atom. The van der Waals surface area contributed by atoms with E-state index in [0.29, 0.717) is 37.8 Å². The van der Waals surface area contributed by atoms with E-state index in [0.717, 1.165) is 25.8 Å². The molecule has 4 amide bonds. The maximum Gasteiger partial charge on any atom is 0.328 e. The maximum atomic E-state index is 12.7. The highest BCUT2D eigenvalue weighted by atomic mass is 16.5. The van der Waals surface area contributed by atoms with E-state index in [1.807, 2.05) is 0 Å². The molecule has 43 heavy (non-hydrogen) atoms. The lowest BCUT2D eigenvalue weighted by Crippen LogP contribution is -2.47. The molecule has 2 rings (SSSR count). The Balaban J connectivity index is 1.63. The standard InChI is InChI=1S/C35H66N4O4/c1-43-33(40)32(39-35(42)38-29-31-24-18-14-10-6-3-7-11-15-19-25-31)26-20-21-27-36-34(41)37-28-30-22-16-12-8-4-2-5-9-13-17-23-30/h30-32H,2-29H2,1H3,(H2,36,37,41)(H2,38,39,42). The van der Waals surface area contributed by atoms with Gasteiger partial charge >= 0.3 is 18.0 Å². The first-order chi connectivity index (χ1) is 21.1. The molecule has 2 aliphatic rings. The number of methoxy groups -OCH3 is 1. The van der Waals surface area contributed by atoms with Crippen molar-refractivity contribution in [3.05, 3.63) is 0 Å². The van der Waals surface area contributed by atoms with E-state index in [1.165, 1.54) is 136 Å². The van der Waals surface area contributed by atoms with Gasteiger partial charge in [0.25, 0.3) is 0 Å². The molecule has 0 saturated heterocycles. The zero-order valence-corrected chi connectivity index (χ0v) is 27.7. The number of amides is 4. The highest BCUT2D eigenvalue weighted by molar-refractivity contribution is 5.83. The summed E-state index contributed by atoms with van der Waals surface area (Å²) in [6.07, 6.45) is 30.3. The normalized spacial score (nSPS) is 20.1. The van der Waals surface area contributed by atoms with E-state index in [1.54, 1.807) is 0 Å².